The fourth-order valence-corrected chi connectivity index (χ4v) is 1.87. The van der Waals surface area contributed by atoms with E-state index in [0.29, 0.717) is 6.54 Å². The molecule has 0 fully saturated rings. The highest BCUT2D eigenvalue weighted by molar-refractivity contribution is 14.0. The zero-order chi connectivity index (χ0) is 14.8. The van der Waals surface area contributed by atoms with Crippen molar-refractivity contribution in [3.05, 3.63) is 47.8 Å². The zero-order valence-electron chi connectivity index (χ0n) is 13.0. The van der Waals surface area contributed by atoms with Crippen LogP contribution in [0.25, 0.3) is 0 Å². The van der Waals surface area contributed by atoms with Gasteiger partial charge in [0.2, 0.25) is 0 Å². The lowest BCUT2D eigenvalue weighted by Gasteiger charge is -2.22. The SMILES string of the molecule is C/C=C/CCN=C(NCC)N(C)Cc1cccc(F)c1.I. The Morgan fingerprint density at radius 1 is 1.43 bits per heavy atom. The second kappa shape index (κ2) is 11.5. The van der Waals surface area contributed by atoms with E-state index >= 15 is 0 Å². The van der Waals surface area contributed by atoms with Crippen LogP contribution in [0.4, 0.5) is 4.39 Å². The first-order valence-corrected chi connectivity index (χ1v) is 7.02. The van der Waals surface area contributed by atoms with Crippen LogP contribution in [0.3, 0.4) is 0 Å². The molecule has 0 unspecified atom stereocenters. The minimum absolute atomic E-state index is 0. The predicted molar refractivity (Wildman–Crippen MR) is 98.7 cm³/mol. The summed E-state index contributed by atoms with van der Waals surface area (Å²) in [6.45, 7) is 6.24. The number of rotatable bonds is 6. The molecule has 3 nitrogen and oxygen atoms in total. The molecule has 118 valence electrons. The van der Waals surface area contributed by atoms with Gasteiger partial charge in [0.1, 0.15) is 5.82 Å². The molecule has 1 N–H and O–H groups in total. The number of nitrogens with one attached hydrogen (secondary N) is 1. The lowest BCUT2D eigenvalue weighted by Crippen LogP contribution is -2.38. The van der Waals surface area contributed by atoms with Gasteiger partial charge in [-0.3, -0.25) is 4.99 Å². The van der Waals surface area contributed by atoms with Gasteiger partial charge >= 0.3 is 0 Å². The number of hydrogen-bond donors (Lipinski definition) is 1. The van der Waals surface area contributed by atoms with Crippen LogP contribution in [0.15, 0.2) is 41.4 Å². The van der Waals surface area contributed by atoms with E-state index in [2.05, 4.69) is 16.4 Å². The van der Waals surface area contributed by atoms with Gasteiger partial charge in [0, 0.05) is 26.7 Å². The third kappa shape index (κ3) is 8.04. The quantitative estimate of drug-likeness (QED) is 0.256. The van der Waals surface area contributed by atoms with Gasteiger partial charge in [0.05, 0.1) is 0 Å². The van der Waals surface area contributed by atoms with Gasteiger partial charge in [-0.2, -0.15) is 0 Å². The van der Waals surface area contributed by atoms with E-state index in [4.69, 9.17) is 0 Å². The Labute approximate surface area is 144 Å². The summed E-state index contributed by atoms with van der Waals surface area (Å²) < 4.78 is 13.2. The summed E-state index contributed by atoms with van der Waals surface area (Å²) in [4.78, 5) is 6.56. The molecule has 0 saturated heterocycles. The molecule has 0 atom stereocenters. The molecule has 21 heavy (non-hydrogen) atoms. The van der Waals surface area contributed by atoms with E-state index in [1.54, 1.807) is 12.1 Å². The van der Waals surface area contributed by atoms with Crippen molar-refractivity contribution in [1.82, 2.24) is 10.2 Å². The maximum atomic E-state index is 13.2. The fourth-order valence-electron chi connectivity index (χ4n) is 1.87. The van der Waals surface area contributed by atoms with Gasteiger partial charge in [-0.1, -0.05) is 24.3 Å². The van der Waals surface area contributed by atoms with Gasteiger partial charge < -0.3 is 10.2 Å². The topological polar surface area (TPSA) is 27.6 Å². The van der Waals surface area contributed by atoms with Gasteiger partial charge in [0.25, 0.3) is 0 Å². The first-order chi connectivity index (χ1) is 9.67. The molecule has 5 heteroatoms. The molecule has 0 aliphatic heterocycles. The molecule has 1 aromatic rings. The van der Waals surface area contributed by atoms with Crippen LogP contribution < -0.4 is 5.32 Å². The van der Waals surface area contributed by atoms with E-state index in [-0.39, 0.29) is 29.8 Å². The Balaban J connectivity index is 0.00000400. The highest BCUT2D eigenvalue weighted by Crippen LogP contribution is 2.06. The second-order valence-electron chi connectivity index (χ2n) is 4.58. The first kappa shape index (κ1) is 19.9. The van der Waals surface area contributed by atoms with E-state index < -0.39 is 0 Å². The molecule has 0 amide bonds. The maximum absolute atomic E-state index is 13.2. The van der Waals surface area contributed by atoms with Crippen molar-refractivity contribution in [2.24, 2.45) is 4.99 Å². The molecule has 0 aliphatic carbocycles. The summed E-state index contributed by atoms with van der Waals surface area (Å²) in [6, 6.07) is 6.66. The minimum Gasteiger partial charge on any atom is -0.357 e. The Morgan fingerprint density at radius 3 is 2.81 bits per heavy atom. The largest absolute Gasteiger partial charge is 0.357 e. The van der Waals surface area contributed by atoms with E-state index in [1.165, 1.54) is 6.07 Å². The Morgan fingerprint density at radius 2 is 2.19 bits per heavy atom. The summed E-state index contributed by atoms with van der Waals surface area (Å²) in [6.07, 6.45) is 5.05. The van der Waals surface area contributed by atoms with Gasteiger partial charge in [-0.15, -0.1) is 24.0 Å². The van der Waals surface area contributed by atoms with Crippen molar-refractivity contribution in [1.29, 1.82) is 0 Å². The van der Waals surface area contributed by atoms with E-state index in [9.17, 15) is 4.39 Å². The number of allylic oxidation sites excluding steroid dienone is 1. The number of benzene rings is 1. The number of halogens is 2. The van der Waals surface area contributed by atoms with E-state index in [0.717, 1.165) is 31.0 Å². The number of guanidine groups is 1. The molecular formula is C16H25FIN3. The van der Waals surface area contributed by atoms with Gasteiger partial charge in [-0.05, 0) is 38.0 Å². The lowest BCUT2D eigenvalue weighted by molar-refractivity contribution is 0.475. The van der Waals surface area contributed by atoms with Gasteiger partial charge in [-0.25, -0.2) is 4.39 Å². The third-order valence-corrected chi connectivity index (χ3v) is 2.80. The lowest BCUT2D eigenvalue weighted by atomic mass is 10.2. The van der Waals surface area contributed by atoms with Crippen LogP contribution in [0.2, 0.25) is 0 Å². The average molecular weight is 405 g/mol. The van der Waals surface area contributed by atoms with Crippen LogP contribution in [-0.4, -0.2) is 31.0 Å². The average Bonchev–Trinajstić information content (AvgIpc) is 2.42. The Hall–Kier alpha value is -1.11. The van der Waals surface area contributed by atoms with E-state index in [1.807, 2.05) is 37.9 Å². The molecule has 1 aromatic carbocycles. The zero-order valence-corrected chi connectivity index (χ0v) is 15.3. The summed E-state index contributed by atoms with van der Waals surface area (Å²) in [5.41, 5.74) is 0.937. The maximum Gasteiger partial charge on any atom is 0.193 e. The van der Waals surface area contributed by atoms with Crippen LogP contribution in [0.1, 0.15) is 25.8 Å². The summed E-state index contributed by atoms with van der Waals surface area (Å²) in [5, 5.41) is 3.25. The van der Waals surface area contributed by atoms with Gasteiger partial charge in [0.15, 0.2) is 5.96 Å². The number of nitrogens with zero attached hydrogens (tertiary/aromatic N) is 2. The predicted octanol–water partition coefficient (Wildman–Crippen LogP) is 3.81. The van der Waals surface area contributed by atoms with Crippen LogP contribution in [0, 0.1) is 5.82 Å². The molecule has 0 aliphatic rings. The van der Waals surface area contributed by atoms with Crippen molar-refractivity contribution in [3.63, 3.8) is 0 Å². The summed E-state index contributed by atoms with van der Waals surface area (Å²) in [5.74, 6) is 0.646. The standard InChI is InChI=1S/C16H24FN3.HI/c1-4-6-7-11-19-16(18-5-2)20(3)13-14-9-8-10-15(17)12-14;/h4,6,8-10,12H,5,7,11,13H2,1-3H3,(H,18,19);1H/b6-4+;. The van der Waals surface area contributed by atoms with Crippen LogP contribution in [0.5, 0.6) is 0 Å². The molecule has 0 bridgehead atoms. The molecule has 0 saturated carbocycles. The smallest absolute Gasteiger partial charge is 0.193 e. The first-order valence-electron chi connectivity index (χ1n) is 7.02. The number of hydrogen-bond acceptors (Lipinski definition) is 1. The molecule has 0 aromatic heterocycles. The number of aliphatic imine (C=N–C) groups is 1. The third-order valence-electron chi connectivity index (χ3n) is 2.80. The molecule has 0 radical (unpaired) electrons. The van der Waals surface area contributed by atoms with Crippen LogP contribution in [-0.2, 0) is 6.54 Å². The van der Waals surface area contributed by atoms with Crippen molar-refractivity contribution in [3.8, 4) is 0 Å². The molecule has 0 spiro atoms. The monoisotopic (exact) mass is 405 g/mol. The highest BCUT2D eigenvalue weighted by Gasteiger charge is 2.06. The summed E-state index contributed by atoms with van der Waals surface area (Å²) >= 11 is 0. The molecule has 1 rings (SSSR count). The summed E-state index contributed by atoms with van der Waals surface area (Å²) in [7, 11) is 1.96. The normalized spacial score (nSPS) is 11.3. The molecule has 0 heterocycles. The van der Waals surface area contributed by atoms with Crippen molar-refractivity contribution in [2.75, 3.05) is 20.1 Å². The molecular weight excluding hydrogens is 380 g/mol. The fraction of sp³-hybridized carbons (Fsp3) is 0.438. The minimum atomic E-state index is -0.203. The van der Waals surface area contributed by atoms with Crippen molar-refractivity contribution >= 4 is 29.9 Å². The Kier molecular flexibility index (Phi) is 10.9. The Bertz CT molecular complexity index is 461. The van der Waals surface area contributed by atoms with Crippen molar-refractivity contribution in [2.45, 2.75) is 26.8 Å². The second-order valence-corrected chi connectivity index (χ2v) is 4.58. The highest BCUT2D eigenvalue weighted by atomic mass is 127. The van der Waals surface area contributed by atoms with Crippen LogP contribution >= 0.6 is 24.0 Å². The van der Waals surface area contributed by atoms with Crippen molar-refractivity contribution < 1.29 is 4.39 Å².